The van der Waals surface area contributed by atoms with Crippen LogP contribution in [0.3, 0.4) is 0 Å². The highest BCUT2D eigenvalue weighted by Gasteiger charge is 2.34. The van der Waals surface area contributed by atoms with Gasteiger partial charge in [-0.15, -0.1) is 0 Å². The molecule has 1 fully saturated rings. The molecule has 1 saturated heterocycles. The van der Waals surface area contributed by atoms with E-state index in [2.05, 4.69) is 0 Å². The summed E-state index contributed by atoms with van der Waals surface area (Å²) in [5.41, 5.74) is 2.31. The second-order valence-electron chi connectivity index (χ2n) is 6.28. The Balaban J connectivity index is 1.93. The van der Waals surface area contributed by atoms with Gasteiger partial charge < -0.3 is 14.2 Å². The van der Waals surface area contributed by atoms with E-state index in [1.165, 1.54) is 23.8 Å². The molecular formula is C22H21NO5S2. The first-order valence-electron chi connectivity index (χ1n) is 9.25. The average molecular weight is 444 g/mol. The summed E-state index contributed by atoms with van der Waals surface area (Å²) in [6, 6.07) is 12.9. The number of carbonyl (C=O) groups is 2. The van der Waals surface area contributed by atoms with Crippen molar-refractivity contribution in [3.8, 4) is 11.5 Å². The van der Waals surface area contributed by atoms with Crippen LogP contribution in [0.1, 0.15) is 18.1 Å². The number of aryl methyl sites for hydroxylation is 1. The van der Waals surface area contributed by atoms with E-state index >= 15 is 0 Å². The quantitative estimate of drug-likeness (QED) is 0.358. The van der Waals surface area contributed by atoms with Crippen LogP contribution >= 0.6 is 24.0 Å². The zero-order valence-electron chi connectivity index (χ0n) is 16.8. The van der Waals surface area contributed by atoms with E-state index in [9.17, 15) is 9.59 Å². The third-order valence-corrected chi connectivity index (χ3v) is 5.61. The second kappa shape index (κ2) is 9.77. The van der Waals surface area contributed by atoms with Gasteiger partial charge in [0.1, 0.15) is 0 Å². The number of esters is 1. The predicted molar refractivity (Wildman–Crippen MR) is 122 cm³/mol. The topological polar surface area (TPSA) is 65.1 Å². The SMILES string of the molecule is CCOC(=O)COc1c(C=C2SC(=S)N(c3ccccc3C)C2=O)cccc1OC. The zero-order valence-corrected chi connectivity index (χ0v) is 18.5. The van der Waals surface area contributed by atoms with E-state index in [-0.39, 0.29) is 19.1 Å². The molecule has 0 radical (unpaired) electrons. The van der Waals surface area contributed by atoms with Crippen molar-refractivity contribution in [3.05, 3.63) is 58.5 Å². The Labute approximate surface area is 184 Å². The maximum atomic E-state index is 13.1. The molecule has 2 aromatic rings. The fourth-order valence-corrected chi connectivity index (χ4v) is 4.20. The maximum Gasteiger partial charge on any atom is 0.344 e. The number of para-hydroxylation sites is 2. The number of thiocarbonyl (C=S) groups is 1. The van der Waals surface area contributed by atoms with E-state index in [4.69, 9.17) is 26.4 Å². The van der Waals surface area contributed by atoms with Gasteiger partial charge >= 0.3 is 5.97 Å². The van der Waals surface area contributed by atoms with Crippen LogP contribution in [0.15, 0.2) is 47.4 Å². The molecule has 3 rings (SSSR count). The molecule has 0 saturated carbocycles. The Kier molecular flexibility index (Phi) is 7.12. The van der Waals surface area contributed by atoms with Crippen LogP contribution in [0.25, 0.3) is 6.08 Å². The first-order valence-corrected chi connectivity index (χ1v) is 10.5. The molecule has 8 heteroatoms. The summed E-state index contributed by atoms with van der Waals surface area (Å²) in [5, 5.41) is 0. The molecule has 156 valence electrons. The van der Waals surface area contributed by atoms with Gasteiger partial charge in [-0.2, -0.15) is 0 Å². The van der Waals surface area contributed by atoms with Crippen LogP contribution < -0.4 is 14.4 Å². The Morgan fingerprint density at radius 3 is 2.67 bits per heavy atom. The molecule has 0 aromatic heterocycles. The predicted octanol–water partition coefficient (Wildman–Crippen LogP) is 4.35. The molecule has 0 atom stereocenters. The van der Waals surface area contributed by atoms with E-state index in [0.717, 1.165) is 11.3 Å². The third-order valence-electron chi connectivity index (χ3n) is 4.31. The maximum absolute atomic E-state index is 13.1. The van der Waals surface area contributed by atoms with Crippen molar-refractivity contribution in [2.45, 2.75) is 13.8 Å². The van der Waals surface area contributed by atoms with E-state index < -0.39 is 5.97 Å². The highest BCUT2D eigenvalue weighted by Crippen LogP contribution is 2.39. The van der Waals surface area contributed by atoms with Crippen LogP contribution in [0.5, 0.6) is 11.5 Å². The van der Waals surface area contributed by atoms with Gasteiger partial charge in [0.05, 0.1) is 24.3 Å². The standard InChI is InChI=1S/C22H21NO5S2/c1-4-27-19(24)13-28-20-15(9-7-11-17(20)26-3)12-18-21(25)23(22(29)30-18)16-10-6-5-8-14(16)2/h5-12H,4,13H2,1-3H3. The van der Waals surface area contributed by atoms with E-state index in [1.807, 2.05) is 31.2 Å². The molecule has 30 heavy (non-hydrogen) atoms. The van der Waals surface area contributed by atoms with Gasteiger partial charge in [0.2, 0.25) is 0 Å². The van der Waals surface area contributed by atoms with Crippen LogP contribution in [-0.2, 0) is 14.3 Å². The Morgan fingerprint density at radius 1 is 1.20 bits per heavy atom. The summed E-state index contributed by atoms with van der Waals surface area (Å²) in [6.45, 7) is 3.66. The zero-order chi connectivity index (χ0) is 21.7. The van der Waals surface area contributed by atoms with Crippen molar-refractivity contribution < 1.29 is 23.8 Å². The minimum atomic E-state index is -0.486. The molecule has 0 spiro atoms. The smallest absolute Gasteiger partial charge is 0.344 e. The summed E-state index contributed by atoms with van der Waals surface area (Å²) in [5.74, 6) is 0.107. The molecule has 0 N–H and O–H groups in total. The van der Waals surface area contributed by atoms with Gasteiger partial charge in [-0.05, 0) is 37.6 Å². The summed E-state index contributed by atoms with van der Waals surface area (Å²) >= 11 is 6.67. The summed E-state index contributed by atoms with van der Waals surface area (Å²) in [6.07, 6.45) is 1.70. The molecular weight excluding hydrogens is 422 g/mol. The number of nitrogens with zero attached hydrogens (tertiary/aromatic N) is 1. The number of hydrogen-bond acceptors (Lipinski definition) is 7. The van der Waals surface area contributed by atoms with E-state index in [1.54, 1.807) is 31.2 Å². The summed E-state index contributed by atoms with van der Waals surface area (Å²) in [4.78, 5) is 26.8. The fourth-order valence-electron chi connectivity index (χ4n) is 2.93. The second-order valence-corrected chi connectivity index (χ2v) is 7.95. The van der Waals surface area contributed by atoms with E-state index in [0.29, 0.717) is 26.3 Å². The number of benzene rings is 2. The van der Waals surface area contributed by atoms with Crippen molar-refractivity contribution in [3.63, 3.8) is 0 Å². The number of thioether (sulfide) groups is 1. The Morgan fingerprint density at radius 2 is 1.97 bits per heavy atom. The number of carbonyl (C=O) groups excluding carboxylic acids is 2. The third kappa shape index (κ3) is 4.66. The molecule has 1 aliphatic heterocycles. The monoisotopic (exact) mass is 443 g/mol. The van der Waals surface area contributed by atoms with Gasteiger partial charge in [0.15, 0.2) is 22.4 Å². The Hall–Kier alpha value is -2.84. The molecule has 1 aliphatic rings. The number of hydrogen-bond donors (Lipinski definition) is 0. The summed E-state index contributed by atoms with van der Waals surface area (Å²) < 4.78 is 16.4. The molecule has 0 bridgehead atoms. The fraction of sp³-hybridized carbons (Fsp3) is 0.227. The molecule has 0 unspecified atom stereocenters. The molecule has 0 aliphatic carbocycles. The molecule has 1 amide bonds. The lowest BCUT2D eigenvalue weighted by Gasteiger charge is -2.16. The van der Waals surface area contributed by atoms with Gasteiger partial charge in [0, 0.05) is 5.56 Å². The molecule has 6 nitrogen and oxygen atoms in total. The lowest BCUT2D eigenvalue weighted by Crippen LogP contribution is -2.28. The first-order chi connectivity index (χ1) is 14.5. The van der Waals surface area contributed by atoms with Crippen molar-refractivity contribution in [1.29, 1.82) is 0 Å². The van der Waals surface area contributed by atoms with Gasteiger partial charge in [0.25, 0.3) is 5.91 Å². The molecule has 2 aromatic carbocycles. The van der Waals surface area contributed by atoms with Gasteiger partial charge in [-0.3, -0.25) is 9.69 Å². The lowest BCUT2D eigenvalue weighted by atomic mass is 10.1. The van der Waals surface area contributed by atoms with Gasteiger partial charge in [-0.1, -0.05) is 54.3 Å². The highest BCUT2D eigenvalue weighted by atomic mass is 32.2. The van der Waals surface area contributed by atoms with Crippen molar-refractivity contribution in [1.82, 2.24) is 0 Å². The first kappa shape index (κ1) is 21.9. The van der Waals surface area contributed by atoms with Crippen LogP contribution in [0.2, 0.25) is 0 Å². The Bertz CT molecular complexity index is 1020. The summed E-state index contributed by atoms with van der Waals surface area (Å²) in [7, 11) is 1.51. The van der Waals surface area contributed by atoms with Gasteiger partial charge in [-0.25, -0.2) is 4.79 Å². The average Bonchev–Trinajstić information content (AvgIpc) is 3.00. The van der Waals surface area contributed by atoms with Crippen molar-refractivity contribution >= 4 is 51.9 Å². The highest BCUT2D eigenvalue weighted by molar-refractivity contribution is 8.27. The molecule has 1 heterocycles. The van der Waals surface area contributed by atoms with Crippen LogP contribution in [0, 0.1) is 6.92 Å². The lowest BCUT2D eigenvalue weighted by molar-refractivity contribution is -0.145. The largest absolute Gasteiger partial charge is 0.493 e. The van der Waals surface area contributed by atoms with Crippen molar-refractivity contribution in [2.24, 2.45) is 0 Å². The normalized spacial score (nSPS) is 14.9. The number of anilines is 1. The number of rotatable bonds is 7. The number of ether oxygens (including phenoxy) is 3. The van der Waals surface area contributed by atoms with Crippen LogP contribution in [-0.4, -0.2) is 36.5 Å². The minimum absolute atomic E-state index is 0.210. The number of methoxy groups -OCH3 is 1. The minimum Gasteiger partial charge on any atom is -0.493 e. The van der Waals surface area contributed by atoms with Crippen molar-refractivity contribution in [2.75, 3.05) is 25.2 Å². The number of amides is 1. The van der Waals surface area contributed by atoms with Crippen LogP contribution in [0.4, 0.5) is 5.69 Å².